The van der Waals surface area contributed by atoms with Crippen molar-refractivity contribution in [2.24, 2.45) is 0 Å². The molecule has 17 heavy (non-hydrogen) atoms. The minimum absolute atomic E-state index is 0.606. The van der Waals surface area contributed by atoms with E-state index < -0.39 is 0 Å². The second-order valence-corrected chi connectivity index (χ2v) is 4.97. The van der Waals surface area contributed by atoms with Crippen molar-refractivity contribution < 1.29 is 0 Å². The monoisotopic (exact) mass is 235 g/mol. The molecule has 2 atom stereocenters. The van der Waals surface area contributed by atoms with E-state index in [0.717, 1.165) is 13.0 Å². The Balaban J connectivity index is 2.19. The first-order valence-electron chi connectivity index (χ1n) is 7.11. The first-order valence-corrected chi connectivity index (χ1v) is 7.11. The van der Waals surface area contributed by atoms with Crippen molar-refractivity contribution in [3.8, 4) is 0 Å². The maximum Gasteiger partial charge on any atom is 0.108 e. The molecule has 1 heterocycles. The molecule has 3 nitrogen and oxygen atoms in total. The molecule has 2 rings (SSSR count). The minimum Gasteiger partial charge on any atom is -0.330 e. The Hall–Kier alpha value is -0.830. The van der Waals surface area contributed by atoms with Crippen molar-refractivity contribution in [1.29, 1.82) is 0 Å². The van der Waals surface area contributed by atoms with Gasteiger partial charge in [-0.2, -0.15) is 0 Å². The number of hydrogen-bond donors (Lipinski definition) is 1. The molecular formula is C14H25N3. The highest BCUT2D eigenvalue weighted by Crippen LogP contribution is 2.28. The maximum absolute atomic E-state index is 4.47. The molecule has 2 unspecified atom stereocenters. The molecule has 0 spiro atoms. The fourth-order valence-corrected chi connectivity index (χ4v) is 3.04. The van der Waals surface area contributed by atoms with Crippen molar-refractivity contribution in [3.05, 3.63) is 18.2 Å². The Morgan fingerprint density at radius 1 is 1.29 bits per heavy atom. The Morgan fingerprint density at radius 2 is 2.12 bits per heavy atom. The Labute approximate surface area is 105 Å². The Kier molecular flexibility index (Phi) is 4.60. The van der Waals surface area contributed by atoms with Gasteiger partial charge in [-0.05, 0) is 19.4 Å². The lowest BCUT2D eigenvalue weighted by molar-refractivity contribution is 0.329. The molecule has 1 aromatic rings. The summed E-state index contributed by atoms with van der Waals surface area (Å²) >= 11 is 0. The maximum atomic E-state index is 4.47. The molecule has 1 aliphatic carbocycles. The van der Waals surface area contributed by atoms with E-state index in [1.807, 2.05) is 6.20 Å². The summed E-state index contributed by atoms with van der Waals surface area (Å²) in [7, 11) is 0. The Morgan fingerprint density at radius 3 is 2.88 bits per heavy atom. The molecule has 0 amide bonds. The lowest BCUT2D eigenvalue weighted by Crippen LogP contribution is -2.37. The van der Waals surface area contributed by atoms with E-state index in [1.165, 1.54) is 37.9 Å². The Bertz CT molecular complexity index is 332. The van der Waals surface area contributed by atoms with Crippen LogP contribution in [0.2, 0.25) is 0 Å². The highest BCUT2D eigenvalue weighted by atomic mass is 15.1. The summed E-state index contributed by atoms with van der Waals surface area (Å²) in [5.74, 6) is 1.24. The van der Waals surface area contributed by atoms with Gasteiger partial charge in [0, 0.05) is 24.9 Å². The van der Waals surface area contributed by atoms with Crippen LogP contribution in [0.3, 0.4) is 0 Å². The number of aryl methyl sites for hydroxylation is 1. The number of rotatable bonds is 4. The van der Waals surface area contributed by atoms with Gasteiger partial charge in [-0.3, -0.25) is 0 Å². The third-order valence-corrected chi connectivity index (χ3v) is 3.87. The van der Waals surface area contributed by atoms with Crippen LogP contribution in [0.4, 0.5) is 0 Å². The molecule has 1 fully saturated rings. The molecule has 0 radical (unpaired) electrons. The number of hydrogen-bond acceptors (Lipinski definition) is 2. The molecular weight excluding hydrogens is 210 g/mol. The van der Waals surface area contributed by atoms with Crippen LogP contribution in [0.25, 0.3) is 0 Å². The fraction of sp³-hybridized carbons (Fsp3) is 0.786. The highest BCUT2D eigenvalue weighted by molar-refractivity contribution is 4.98. The van der Waals surface area contributed by atoms with Crippen LogP contribution < -0.4 is 5.32 Å². The topological polar surface area (TPSA) is 29.9 Å². The minimum atomic E-state index is 0.606. The van der Waals surface area contributed by atoms with Crippen LogP contribution in [0.15, 0.2) is 12.4 Å². The lowest BCUT2D eigenvalue weighted by Gasteiger charge is -2.28. The van der Waals surface area contributed by atoms with Crippen LogP contribution in [0, 0.1) is 0 Å². The molecule has 1 saturated carbocycles. The van der Waals surface area contributed by atoms with E-state index in [9.17, 15) is 0 Å². The number of imidazole rings is 1. The molecule has 1 aliphatic rings. The van der Waals surface area contributed by atoms with Crippen LogP contribution in [0.5, 0.6) is 0 Å². The second kappa shape index (κ2) is 6.20. The SMILES string of the molecule is CCNC1CCCCCC1n1ccnc1CC. The smallest absolute Gasteiger partial charge is 0.108 e. The number of likely N-dealkylation sites (N-methyl/N-ethyl adjacent to an activating group) is 1. The zero-order chi connectivity index (χ0) is 12.1. The quantitative estimate of drug-likeness (QED) is 0.813. The normalized spacial score (nSPS) is 25.8. The molecule has 0 bridgehead atoms. The fourth-order valence-electron chi connectivity index (χ4n) is 3.04. The summed E-state index contributed by atoms with van der Waals surface area (Å²) in [5.41, 5.74) is 0. The average Bonchev–Trinajstić information content (AvgIpc) is 2.70. The van der Waals surface area contributed by atoms with E-state index in [-0.39, 0.29) is 0 Å². The van der Waals surface area contributed by atoms with Crippen LogP contribution in [-0.4, -0.2) is 22.1 Å². The molecule has 0 aromatic carbocycles. The number of aromatic nitrogens is 2. The first kappa shape index (κ1) is 12.6. The molecule has 1 aromatic heterocycles. The standard InChI is InChI=1S/C14H25N3/c1-3-14-16-10-11-17(14)13-9-7-5-6-8-12(13)15-4-2/h10-13,15H,3-9H2,1-2H3. The van der Waals surface area contributed by atoms with Gasteiger partial charge < -0.3 is 9.88 Å². The van der Waals surface area contributed by atoms with Crippen LogP contribution in [-0.2, 0) is 6.42 Å². The zero-order valence-electron chi connectivity index (χ0n) is 11.2. The van der Waals surface area contributed by atoms with Crippen LogP contribution in [0.1, 0.15) is 57.8 Å². The van der Waals surface area contributed by atoms with Gasteiger partial charge in [-0.15, -0.1) is 0 Å². The largest absolute Gasteiger partial charge is 0.330 e. The summed E-state index contributed by atoms with van der Waals surface area (Å²) in [6, 6.07) is 1.23. The average molecular weight is 235 g/mol. The molecule has 0 aliphatic heterocycles. The van der Waals surface area contributed by atoms with E-state index in [2.05, 4.69) is 34.9 Å². The predicted molar refractivity (Wildman–Crippen MR) is 71.2 cm³/mol. The first-order chi connectivity index (χ1) is 8.36. The van der Waals surface area contributed by atoms with Gasteiger partial charge in [0.15, 0.2) is 0 Å². The summed E-state index contributed by atoms with van der Waals surface area (Å²) in [4.78, 5) is 4.47. The zero-order valence-corrected chi connectivity index (χ0v) is 11.2. The van der Waals surface area contributed by atoms with Gasteiger partial charge in [0.25, 0.3) is 0 Å². The summed E-state index contributed by atoms with van der Waals surface area (Å²) in [6.45, 7) is 5.46. The predicted octanol–water partition coefficient (Wildman–Crippen LogP) is 2.93. The lowest BCUT2D eigenvalue weighted by atomic mass is 10.0. The van der Waals surface area contributed by atoms with Crippen molar-refractivity contribution in [2.75, 3.05) is 6.54 Å². The summed E-state index contributed by atoms with van der Waals surface area (Å²) < 4.78 is 2.42. The molecule has 3 heteroatoms. The number of nitrogens with one attached hydrogen (secondary N) is 1. The van der Waals surface area contributed by atoms with E-state index in [1.54, 1.807) is 0 Å². The third-order valence-electron chi connectivity index (χ3n) is 3.87. The highest BCUT2D eigenvalue weighted by Gasteiger charge is 2.25. The second-order valence-electron chi connectivity index (χ2n) is 4.97. The number of nitrogens with zero attached hydrogens (tertiary/aromatic N) is 2. The molecule has 96 valence electrons. The van der Waals surface area contributed by atoms with E-state index >= 15 is 0 Å². The van der Waals surface area contributed by atoms with E-state index in [0.29, 0.717) is 12.1 Å². The van der Waals surface area contributed by atoms with Gasteiger partial charge in [0.05, 0.1) is 6.04 Å². The van der Waals surface area contributed by atoms with Crippen molar-refractivity contribution in [1.82, 2.24) is 14.9 Å². The van der Waals surface area contributed by atoms with Gasteiger partial charge in [-0.25, -0.2) is 4.98 Å². The van der Waals surface area contributed by atoms with Crippen LogP contribution >= 0.6 is 0 Å². The van der Waals surface area contributed by atoms with Gasteiger partial charge in [0.1, 0.15) is 5.82 Å². The van der Waals surface area contributed by atoms with Crippen molar-refractivity contribution in [3.63, 3.8) is 0 Å². The molecule has 0 saturated heterocycles. The summed E-state index contributed by atoms with van der Waals surface area (Å²) in [5, 5.41) is 3.67. The van der Waals surface area contributed by atoms with Gasteiger partial charge >= 0.3 is 0 Å². The summed E-state index contributed by atoms with van der Waals surface area (Å²) in [6.07, 6.45) is 11.8. The van der Waals surface area contributed by atoms with Crippen molar-refractivity contribution in [2.45, 2.75) is 64.5 Å². The van der Waals surface area contributed by atoms with Gasteiger partial charge in [-0.1, -0.05) is 33.1 Å². The van der Waals surface area contributed by atoms with Crippen molar-refractivity contribution >= 4 is 0 Å². The molecule has 1 N–H and O–H groups in total. The third kappa shape index (κ3) is 2.89. The van der Waals surface area contributed by atoms with E-state index in [4.69, 9.17) is 0 Å². The van der Waals surface area contributed by atoms with Gasteiger partial charge in [0.2, 0.25) is 0 Å².